The third kappa shape index (κ3) is 2.44. The molecule has 2 aliphatic rings. The first-order valence-corrected chi connectivity index (χ1v) is 7.64. The zero-order chi connectivity index (χ0) is 13.1. The first kappa shape index (κ1) is 13.1. The molecule has 0 amide bonds. The van der Waals surface area contributed by atoms with E-state index in [0.29, 0.717) is 5.92 Å². The highest BCUT2D eigenvalue weighted by molar-refractivity contribution is 5.28. The Labute approximate surface area is 115 Å². The molecule has 1 saturated carbocycles. The lowest BCUT2D eigenvalue weighted by Gasteiger charge is -2.40. The minimum atomic E-state index is -0.207. The third-order valence-corrected chi connectivity index (χ3v) is 5.12. The fourth-order valence-corrected chi connectivity index (χ4v) is 4.01. The van der Waals surface area contributed by atoms with Crippen LogP contribution in [0.25, 0.3) is 0 Å². The summed E-state index contributed by atoms with van der Waals surface area (Å²) >= 11 is 0. The van der Waals surface area contributed by atoms with Crippen molar-refractivity contribution < 1.29 is 9.84 Å². The average molecular weight is 260 g/mol. The van der Waals surface area contributed by atoms with Crippen LogP contribution in [0.2, 0.25) is 0 Å². The molecule has 1 N–H and O–H groups in total. The molecular formula is C17H24O2. The largest absolute Gasteiger partial charge is 0.392 e. The maximum atomic E-state index is 11.0. The van der Waals surface area contributed by atoms with Crippen LogP contribution in [-0.2, 0) is 10.2 Å². The van der Waals surface area contributed by atoms with Gasteiger partial charge in [0, 0.05) is 18.6 Å². The minimum Gasteiger partial charge on any atom is -0.392 e. The molecule has 1 saturated heterocycles. The van der Waals surface area contributed by atoms with E-state index in [1.165, 1.54) is 18.4 Å². The summed E-state index contributed by atoms with van der Waals surface area (Å²) in [6.07, 6.45) is 6.57. The van der Waals surface area contributed by atoms with E-state index in [-0.39, 0.29) is 11.5 Å². The van der Waals surface area contributed by atoms with Crippen LogP contribution in [-0.4, -0.2) is 24.4 Å². The number of rotatable bonds is 3. The van der Waals surface area contributed by atoms with Gasteiger partial charge in [0.25, 0.3) is 0 Å². The first-order chi connectivity index (χ1) is 9.33. The SMILES string of the molecule is OC(C1CCOCC1)C1(c2ccccc2)CCCC1. The van der Waals surface area contributed by atoms with Crippen molar-refractivity contribution in [2.75, 3.05) is 13.2 Å². The molecule has 104 valence electrons. The molecule has 19 heavy (non-hydrogen) atoms. The van der Waals surface area contributed by atoms with Crippen molar-refractivity contribution in [1.29, 1.82) is 0 Å². The van der Waals surface area contributed by atoms with Crippen LogP contribution in [0.5, 0.6) is 0 Å². The Morgan fingerprint density at radius 3 is 2.32 bits per heavy atom. The van der Waals surface area contributed by atoms with Crippen molar-refractivity contribution in [3.63, 3.8) is 0 Å². The van der Waals surface area contributed by atoms with Gasteiger partial charge in [-0.25, -0.2) is 0 Å². The third-order valence-electron chi connectivity index (χ3n) is 5.12. The van der Waals surface area contributed by atoms with E-state index >= 15 is 0 Å². The van der Waals surface area contributed by atoms with E-state index in [9.17, 15) is 5.11 Å². The molecule has 0 aromatic heterocycles. The Bertz CT molecular complexity index is 389. The number of hydrogen-bond acceptors (Lipinski definition) is 2. The fraction of sp³-hybridized carbons (Fsp3) is 0.647. The standard InChI is InChI=1S/C17H24O2/c18-16(14-8-12-19-13-9-14)17(10-4-5-11-17)15-6-2-1-3-7-15/h1-3,6-7,14,16,18H,4-5,8-13H2. The molecule has 1 unspecified atom stereocenters. The molecule has 1 atom stereocenters. The second-order valence-corrected chi connectivity index (χ2v) is 6.12. The smallest absolute Gasteiger partial charge is 0.0666 e. The van der Waals surface area contributed by atoms with Gasteiger partial charge in [0.2, 0.25) is 0 Å². The predicted octanol–water partition coefficient (Wildman–Crippen LogP) is 3.29. The molecule has 1 aliphatic carbocycles. The maximum Gasteiger partial charge on any atom is 0.0666 e. The molecular weight excluding hydrogens is 236 g/mol. The van der Waals surface area contributed by atoms with Crippen LogP contribution in [0.1, 0.15) is 44.1 Å². The van der Waals surface area contributed by atoms with Gasteiger partial charge < -0.3 is 9.84 Å². The monoisotopic (exact) mass is 260 g/mol. The second-order valence-electron chi connectivity index (χ2n) is 6.12. The molecule has 2 heteroatoms. The van der Waals surface area contributed by atoms with E-state index in [4.69, 9.17) is 4.74 Å². The molecule has 1 heterocycles. The van der Waals surface area contributed by atoms with Gasteiger partial charge in [-0.15, -0.1) is 0 Å². The van der Waals surface area contributed by atoms with Crippen LogP contribution in [0.15, 0.2) is 30.3 Å². The van der Waals surface area contributed by atoms with Gasteiger partial charge in [0.15, 0.2) is 0 Å². The molecule has 0 spiro atoms. The normalized spacial score (nSPS) is 25.3. The molecule has 3 rings (SSSR count). The summed E-state index contributed by atoms with van der Waals surface area (Å²) in [6, 6.07) is 10.7. The van der Waals surface area contributed by atoms with Gasteiger partial charge in [-0.1, -0.05) is 43.2 Å². The van der Waals surface area contributed by atoms with Crippen LogP contribution in [0.4, 0.5) is 0 Å². The summed E-state index contributed by atoms with van der Waals surface area (Å²) in [5.41, 5.74) is 1.34. The summed E-state index contributed by atoms with van der Waals surface area (Å²) in [7, 11) is 0. The zero-order valence-electron chi connectivity index (χ0n) is 11.6. The summed E-state index contributed by atoms with van der Waals surface area (Å²) in [5, 5.41) is 11.0. The van der Waals surface area contributed by atoms with E-state index < -0.39 is 0 Å². The Morgan fingerprint density at radius 2 is 1.68 bits per heavy atom. The molecule has 0 radical (unpaired) electrons. The number of aliphatic hydroxyl groups excluding tert-OH is 1. The number of benzene rings is 1. The molecule has 1 aromatic carbocycles. The Hall–Kier alpha value is -0.860. The lowest BCUT2D eigenvalue weighted by Crippen LogP contribution is -2.44. The topological polar surface area (TPSA) is 29.5 Å². The van der Waals surface area contributed by atoms with E-state index in [2.05, 4.69) is 30.3 Å². The molecule has 1 aliphatic heterocycles. The van der Waals surface area contributed by atoms with Gasteiger partial charge in [-0.2, -0.15) is 0 Å². The van der Waals surface area contributed by atoms with Gasteiger partial charge in [0.1, 0.15) is 0 Å². The van der Waals surface area contributed by atoms with Crippen LogP contribution < -0.4 is 0 Å². The first-order valence-electron chi connectivity index (χ1n) is 7.64. The summed E-state index contributed by atoms with van der Waals surface area (Å²) in [6.45, 7) is 1.62. The predicted molar refractivity (Wildman–Crippen MR) is 76.1 cm³/mol. The summed E-state index contributed by atoms with van der Waals surface area (Å²) in [4.78, 5) is 0. The average Bonchev–Trinajstić information content (AvgIpc) is 2.99. The van der Waals surface area contributed by atoms with E-state index in [1.807, 2.05) is 0 Å². The second kappa shape index (κ2) is 5.64. The van der Waals surface area contributed by atoms with Crippen molar-refractivity contribution in [1.82, 2.24) is 0 Å². The maximum absolute atomic E-state index is 11.0. The van der Waals surface area contributed by atoms with Crippen molar-refractivity contribution in [2.45, 2.75) is 50.0 Å². The van der Waals surface area contributed by atoms with E-state index in [1.54, 1.807) is 0 Å². The van der Waals surface area contributed by atoms with Crippen molar-refractivity contribution in [2.24, 2.45) is 5.92 Å². The van der Waals surface area contributed by atoms with Crippen LogP contribution >= 0.6 is 0 Å². The van der Waals surface area contributed by atoms with Gasteiger partial charge in [-0.3, -0.25) is 0 Å². The zero-order valence-corrected chi connectivity index (χ0v) is 11.6. The van der Waals surface area contributed by atoms with Crippen LogP contribution in [0.3, 0.4) is 0 Å². The number of aliphatic hydroxyl groups is 1. The number of ether oxygens (including phenoxy) is 1. The molecule has 1 aromatic rings. The quantitative estimate of drug-likeness (QED) is 0.903. The summed E-state index contributed by atoms with van der Waals surface area (Å²) < 4.78 is 5.44. The Morgan fingerprint density at radius 1 is 1.05 bits per heavy atom. The minimum absolute atomic E-state index is 0.00324. The Balaban J connectivity index is 1.87. The van der Waals surface area contributed by atoms with Crippen LogP contribution in [0, 0.1) is 5.92 Å². The van der Waals surface area contributed by atoms with Crippen molar-refractivity contribution in [3.8, 4) is 0 Å². The van der Waals surface area contributed by atoms with Crippen molar-refractivity contribution >= 4 is 0 Å². The van der Waals surface area contributed by atoms with Crippen molar-refractivity contribution in [3.05, 3.63) is 35.9 Å². The molecule has 2 fully saturated rings. The molecule has 0 bridgehead atoms. The highest BCUT2D eigenvalue weighted by Crippen LogP contribution is 2.47. The number of hydrogen-bond donors (Lipinski definition) is 1. The summed E-state index contributed by atoms with van der Waals surface area (Å²) in [5.74, 6) is 0.409. The van der Waals surface area contributed by atoms with Gasteiger partial charge in [0.05, 0.1) is 6.10 Å². The lowest BCUT2D eigenvalue weighted by atomic mass is 9.68. The van der Waals surface area contributed by atoms with Gasteiger partial charge >= 0.3 is 0 Å². The lowest BCUT2D eigenvalue weighted by molar-refractivity contribution is -0.0285. The highest BCUT2D eigenvalue weighted by Gasteiger charge is 2.45. The fourth-order valence-electron chi connectivity index (χ4n) is 4.01. The highest BCUT2D eigenvalue weighted by atomic mass is 16.5. The van der Waals surface area contributed by atoms with Gasteiger partial charge in [-0.05, 0) is 37.2 Å². The van der Waals surface area contributed by atoms with E-state index in [0.717, 1.165) is 38.9 Å². The molecule has 2 nitrogen and oxygen atoms in total. The Kier molecular flexibility index (Phi) is 3.90.